The summed E-state index contributed by atoms with van der Waals surface area (Å²) in [6.07, 6.45) is 1.09. The first-order valence-electron chi connectivity index (χ1n) is 7.09. The van der Waals surface area contributed by atoms with Crippen LogP contribution < -0.4 is 10.5 Å². The monoisotopic (exact) mass is 292 g/mol. The van der Waals surface area contributed by atoms with Crippen molar-refractivity contribution in [2.45, 2.75) is 25.9 Å². The first kappa shape index (κ1) is 15.2. The van der Waals surface area contributed by atoms with Crippen LogP contribution in [0, 0.1) is 0 Å². The van der Waals surface area contributed by atoms with E-state index < -0.39 is 5.91 Å². The normalized spacial score (nSPS) is 15.6. The molecule has 0 aliphatic carbocycles. The highest BCUT2D eigenvalue weighted by molar-refractivity contribution is 5.95. The smallest absolute Gasteiger partial charge is 0.409 e. The summed E-state index contributed by atoms with van der Waals surface area (Å²) in [6, 6.07) is 6.93. The molecule has 0 unspecified atom stereocenters. The number of hydrogen-bond donors (Lipinski definition) is 1. The van der Waals surface area contributed by atoms with Crippen LogP contribution >= 0.6 is 0 Å². The molecule has 0 aromatic heterocycles. The molecule has 1 fully saturated rings. The van der Waals surface area contributed by atoms with Gasteiger partial charge in [0.25, 0.3) is 5.91 Å². The van der Waals surface area contributed by atoms with E-state index in [0.29, 0.717) is 43.9 Å². The van der Waals surface area contributed by atoms with E-state index in [0.717, 1.165) is 0 Å². The van der Waals surface area contributed by atoms with Gasteiger partial charge in [-0.25, -0.2) is 4.79 Å². The zero-order chi connectivity index (χ0) is 15.2. The Morgan fingerprint density at radius 3 is 2.57 bits per heavy atom. The molecule has 0 saturated carbocycles. The van der Waals surface area contributed by atoms with Gasteiger partial charge in [0.1, 0.15) is 11.9 Å². The number of nitrogens with zero attached hydrogens (tertiary/aromatic N) is 1. The molecule has 0 bridgehead atoms. The number of amides is 2. The number of hydrogen-bond acceptors (Lipinski definition) is 4. The molecular weight excluding hydrogens is 272 g/mol. The Hall–Kier alpha value is -2.24. The number of para-hydroxylation sites is 1. The van der Waals surface area contributed by atoms with Gasteiger partial charge in [-0.05, 0) is 19.1 Å². The second kappa shape index (κ2) is 6.97. The van der Waals surface area contributed by atoms with E-state index in [4.69, 9.17) is 15.2 Å². The van der Waals surface area contributed by atoms with Gasteiger partial charge in [-0.15, -0.1) is 0 Å². The summed E-state index contributed by atoms with van der Waals surface area (Å²) in [4.78, 5) is 24.6. The molecule has 1 aromatic rings. The highest BCUT2D eigenvalue weighted by atomic mass is 16.6. The maximum Gasteiger partial charge on any atom is 0.409 e. The Morgan fingerprint density at radius 2 is 1.95 bits per heavy atom. The summed E-state index contributed by atoms with van der Waals surface area (Å²) in [7, 11) is 0. The molecule has 114 valence electrons. The fourth-order valence-electron chi connectivity index (χ4n) is 2.32. The van der Waals surface area contributed by atoms with E-state index >= 15 is 0 Å². The lowest BCUT2D eigenvalue weighted by Gasteiger charge is -2.31. The first-order valence-corrected chi connectivity index (χ1v) is 7.09. The van der Waals surface area contributed by atoms with Gasteiger partial charge in [0.05, 0.1) is 12.2 Å². The van der Waals surface area contributed by atoms with E-state index in [1.165, 1.54) is 0 Å². The molecule has 2 amide bonds. The molecule has 2 rings (SSSR count). The number of piperidine rings is 1. The Bertz CT molecular complexity index is 510. The van der Waals surface area contributed by atoms with Crippen LogP contribution in [-0.2, 0) is 4.74 Å². The van der Waals surface area contributed by atoms with Gasteiger partial charge in [-0.3, -0.25) is 4.79 Å². The Balaban J connectivity index is 1.92. The standard InChI is InChI=1S/C15H20N2O4/c1-2-20-15(19)17-9-7-11(8-10-17)21-13-6-4-3-5-12(13)14(16)18/h3-6,11H,2,7-10H2,1H3,(H2,16,18). The third-order valence-corrected chi connectivity index (χ3v) is 3.41. The molecule has 21 heavy (non-hydrogen) atoms. The number of primary amides is 1. The molecule has 1 saturated heterocycles. The van der Waals surface area contributed by atoms with Crippen molar-refractivity contribution in [3.8, 4) is 5.75 Å². The average Bonchev–Trinajstić information content (AvgIpc) is 2.48. The van der Waals surface area contributed by atoms with Crippen molar-refractivity contribution >= 4 is 12.0 Å². The fourth-order valence-corrected chi connectivity index (χ4v) is 2.32. The Labute approximate surface area is 123 Å². The molecule has 1 aliphatic heterocycles. The molecule has 0 radical (unpaired) electrons. The van der Waals surface area contributed by atoms with Crippen molar-refractivity contribution in [3.63, 3.8) is 0 Å². The summed E-state index contributed by atoms with van der Waals surface area (Å²) >= 11 is 0. The highest BCUT2D eigenvalue weighted by Gasteiger charge is 2.25. The molecule has 0 spiro atoms. The predicted molar refractivity (Wildman–Crippen MR) is 77.2 cm³/mol. The average molecular weight is 292 g/mol. The first-order chi connectivity index (χ1) is 10.1. The van der Waals surface area contributed by atoms with Crippen LogP contribution in [-0.4, -0.2) is 42.7 Å². The number of rotatable bonds is 4. The van der Waals surface area contributed by atoms with Gasteiger partial charge in [0.2, 0.25) is 0 Å². The predicted octanol–water partition coefficient (Wildman–Crippen LogP) is 1.79. The summed E-state index contributed by atoms with van der Waals surface area (Å²) < 4.78 is 10.8. The lowest BCUT2D eigenvalue weighted by molar-refractivity contribution is 0.0698. The number of carbonyl (C=O) groups excluding carboxylic acids is 2. The van der Waals surface area contributed by atoms with Crippen LogP contribution in [0.1, 0.15) is 30.1 Å². The number of carbonyl (C=O) groups is 2. The summed E-state index contributed by atoms with van der Waals surface area (Å²) in [5.74, 6) is -0.00542. The van der Waals surface area contributed by atoms with E-state index in [1.54, 1.807) is 36.1 Å². The van der Waals surface area contributed by atoms with Crippen molar-refractivity contribution in [3.05, 3.63) is 29.8 Å². The maximum absolute atomic E-state index is 11.6. The minimum atomic E-state index is -0.505. The molecule has 0 atom stereocenters. The topological polar surface area (TPSA) is 81.9 Å². The fraction of sp³-hybridized carbons (Fsp3) is 0.467. The van der Waals surface area contributed by atoms with Crippen LogP contribution in [0.15, 0.2) is 24.3 Å². The zero-order valence-corrected chi connectivity index (χ0v) is 12.1. The van der Waals surface area contributed by atoms with Crippen LogP contribution in [0.4, 0.5) is 4.79 Å². The van der Waals surface area contributed by atoms with Gasteiger partial charge in [0.15, 0.2) is 0 Å². The quantitative estimate of drug-likeness (QED) is 0.917. The molecule has 6 heteroatoms. The van der Waals surface area contributed by atoms with E-state index in [-0.39, 0.29) is 12.2 Å². The summed E-state index contributed by atoms with van der Waals surface area (Å²) in [6.45, 7) is 3.33. The van der Waals surface area contributed by atoms with Crippen LogP contribution in [0.2, 0.25) is 0 Å². The van der Waals surface area contributed by atoms with Crippen LogP contribution in [0.3, 0.4) is 0 Å². The van der Waals surface area contributed by atoms with Gasteiger partial charge in [-0.1, -0.05) is 12.1 Å². The third-order valence-electron chi connectivity index (χ3n) is 3.41. The largest absolute Gasteiger partial charge is 0.489 e. The number of likely N-dealkylation sites (tertiary alicyclic amines) is 1. The van der Waals surface area contributed by atoms with E-state index in [2.05, 4.69) is 0 Å². The number of benzene rings is 1. The SMILES string of the molecule is CCOC(=O)N1CCC(Oc2ccccc2C(N)=O)CC1. The van der Waals surface area contributed by atoms with Crippen molar-refractivity contribution < 1.29 is 19.1 Å². The molecule has 1 heterocycles. The van der Waals surface area contributed by atoms with Gasteiger partial charge in [0, 0.05) is 25.9 Å². The molecular formula is C15H20N2O4. The maximum atomic E-state index is 11.6. The number of nitrogens with two attached hydrogens (primary N) is 1. The van der Waals surface area contributed by atoms with Crippen molar-refractivity contribution in [1.82, 2.24) is 4.90 Å². The van der Waals surface area contributed by atoms with E-state index in [9.17, 15) is 9.59 Å². The Morgan fingerprint density at radius 1 is 1.29 bits per heavy atom. The second-order valence-electron chi connectivity index (χ2n) is 4.86. The summed E-state index contributed by atoms with van der Waals surface area (Å²) in [5, 5.41) is 0. The molecule has 1 aliphatic rings. The van der Waals surface area contributed by atoms with Crippen molar-refractivity contribution in [2.75, 3.05) is 19.7 Å². The van der Waals surface area contributed by atoms with Gasteiger partial charge < -0.3 is 20.1 Å². The second-order valence-corrected chi connectivity index (χ2v) is 4.86. The number of ether oxygens (including phenoxy) is 2. The van der Waals surface area contributed by atoms with Gasteiger partial charge >= 0.3 is 6.09 Å². The van der Waals surface area contributed by atoms with Crippen molar-refractivity contribution in [1.29, 1.82) is 0 Å². The van der Waals surface area contributed by atoms with Crippen LogP contribution in [0.25, 0.3) is 0 Å². The van der Waals surface area contributed by atoms with Crippen LogP contribution in [0.5, 0.6) is 5.75 Å². The van der Waals surface area contributed by atoms with E-state index in [1.807, 2.05) is 0 Å². The summed E-state index contributed by atoms with van der Waals surface area (Å²) in [5.41, 5.74) is 5.71. The Kier molecular flexibility index (Phi) is 5.03. The zero-order valence-electron chi connectivity index (χ0n) is 12.1. The lowest BCUT2D eigenvalue weighted by atomic mass is 10.1. The third kappa shape index (κ3) is 3.87. The van der Waals surface area contributed by atoms with Gasteiger partial charge in [-0.2, -0.15) is 0 Å². The molecule has 2 N–H and O–H groups in total. The minimum absolute atomic E-state index is 0.0313. The molecule has 6 nitrogen and oxygen atoms in total. The molecule has 1 aromatic carbocycles. The van der Waals surface area contributed by atoms with Crippen molar-refractivity contribution in [2.24, 2.45) is 5.73 Å². The highest BCUT2D eigenvalue weighted by Crippen LogP contribution is 2.23. The minimum Gasteiger partial charge on any atom is -0.489 e. The lowest BCUT2D eigenvalue weighted by Crippen LogP contribution is -2.42.